The lowest BCUT2D eigenvalue weighted by Crippen LogP contribution is -2.27. The molecular formula is C22H23NO3S2. The summed E-state index contributed by atoms with van der Waals surface area (Å²) in [6.45, 7) is 5.66. The lowest BCUT2D eigenvalue weighted by Gasteiger charge is -2.11. The third kappa shape index (κ3) is 4.94. The minimum Gasteiger partial charge on any atom is -0.493 e. The quantitative estimate of drug-likeness (QED) is 0.343. The van der Waals surface area contributed by atoms with Crippen molar-refractivity contribution in [2.45, 2.75) is 20.3 Å². The molecule has 1 fully saturated rings. The van der Waals surface area contributed by atoms with Crippen LogP contribution in [0.3, 0.4) is 0 Å². The van der Waals surface area contributed by atoms with E-state index in [1.165, 1.54) is 11.8 Å². The highest BCUT2D eigenvalue weighted by Crippen LogP contribution is 2.34. The number of aryl methyl sites for hydroxylation is 1. The molecule has 3 rings (SSSR count). The summed E-state index contributed by atoms with van der Waals surface area (Å²) in [6.07, 6.45) is 2.62. The van der Waals surface area contributed by atoms with Gasteiger partial charge in [-0.15, -0.1) is 0 Å². The van der Waals surface area contributed by atoms with Crippen LogP contribution in [0.1, 0.15) is 24.5 Å². The first-order valence-corrected chi connectivity index (χ1v) is 10.5. The van der Waals surface area contributed by atoms with Crippen LogP contribution in [0.25, 0.3) is 6.08 Å². The molecule has 0 radical (unpaired) electrons. The van der Waals surface area contributed by atoms with Crippen LogP contribution in [0, 0.1) is 6.92 Å². The van der Waals surface area contributed by atoms with Gasteiger partial charge in [0.25, 0.3) is 5.91 Å². The Balaban J connectivity index is 1.57. The third-order valence-electron chi connectivity index (χ3n) is 4.29. The fourth-order valence-corrected chi connectivity index (χ4v) is 4.16. The van der Waals surface area contributed by atoms with Crippen LogP contribution >= 0.6 is 24.0 Å². The van der Waals surface area contributed by atoms with Gasteiger partial charge in [0.05, 0.1) is 18.1 Å². The number of carbonyl (C=O) groups is 1. The van der Waals surface area contributed by atoms with Crippen molar-refractivity contribution in [3.63, 3.8) is 0 Å². The molecule has 0 spiro atoms. The lowest BCUT2D eigenvalue weighted by molar-refractivity contribution is -0.121. The molecule has 0 unspecified atom stereocenters. The Morgan fingerprint density at radius 1 is 1.04 bits per heavy atom. The molecule has 2 aromatic rings. The summed E-state index contributed by atoms with van der Waals surface area (Å²) in [7, 11) is 0. The zero-order valence-corrected chi connectivity index (χ0v) is 17.6. The third-order valence-corrected chi connectivity index (χ3v) is 5.67. The number of likely N-dealkylation sites (N-methyl/N-ethyl adjacent to an activating group) is 1. The van der Waals surface area contributed by atoms with Crippen molar-refractivity contribution >= 4 is 40.3 Å². The summed E-state index contributed by atoms with van der Waals surface area (Å²) in [5.74, 6) is 1.61. The van der Waals surface area contributed by atoms with Gasteiger partial charge in [0.15, 0.2) is 0 Å². The Bertz CT molecular complexity index is 895. The van der Waals surface area contributed by atoms with E-state index in [9.17, 15) is 4.79 Å². The van der Waals surface area contributed by atoms with Gasteiger partial charge < -0.3 is 9.47 Å². The van der Waals surface area contributed by atoms with Gasteiger partial charge in [-0.25, -0.2) is 0 Å². The number of nitrogens with zero attached hydrogens (tertiary/aromatic N) is 1. The minimum absolute atomic E-state index is 0.0427. The number of hydrogen-bond acceptors (Lipinski definition) is 5. The maximum absolute atomic E-state index is 12.4. The smallest absolute Gasteiger partial charge is 0.266 e. The number of ether oxygens (including phenoxy) is 2. The van der Waals surface area contributed by atoms with E-state index < -0.39 is 0 Å². The van der Waals surface area contributed by atoms with E-state index in [4.69, 9.17) is 21.7 Å². The maximum atomic E-state index is 12.4. The summed E-state index contributed by atoms with van der Waals surface area (Å²) in [4.78, 5) is 14.7. The molecule has 1 aliphatic heterocycles. The van der Waals surface area contributed by atoms with Crippen LogP contribution in [0.2, 0.25) is 0 Å². The SMILES string of the molecule is CCN1C(=O)C(=Cc2ccccc2OCCCOc2ccccc2C)SC1=S. The average Bonchev–Trinajstić information content (AvgIpc) is 2.96. The van der Waals surface area contributed by atoms with Gasteiger partial charge in [-0.2, -0.15) is 0 Å². The van der Waals surface area contributed by atoms with Crippen LogP contribution < -0.4 is 9.47 Å². The summed E-state index contributed by atoms with van der Waals surface area (Å²) in [6, 6.07) is 15.7. The molecule has 6 heteroatoms. The van der Waals surface area contributed by atoms with Gasteiger partial charge >= 0.3 is 0 Å². The van der Waals surface area contributed by atoms with Gasteiger partial charge in [0.1, 0.15) is 15.8 Å². The Labute approximate surface area is 175 Å². The second-order valence-electron chi connectivity index (χ2n) is 6.28. The predicted molar refractivity (Wildman–Crippen MR) is 119 cm³/mol. The monoisotopic (exact) mass is 413 g/mol. The normalized spacial score (nSPS) is 15.4. The Hall–Kier alpha value is -2.31. The van der Waals surface area contributed by atoms with E-state index in [0.717, 1.165) is 29.0 Å². The number of rotatable bonds is 8. The molecule has 0 saturated carbocycles. The first-order valence-electron chi connectivity index (χ1n) is 9.25. The molecule has 0 bridgehead atoms. The number of amides is 1. The molecule has 146 valence electrons. The first-order chi connectivity index (χ1) is 13.6. The number of thiocarbonyl (C=S) groups is 1. The zero-order chi connectivity index (χ0) is 19.9. The van der Waals surface area contributed by atoms with Crippen LogP contribution in [-0.2, 0) is 4.79 Å². The second-order valence-corrected chi connectivity index (χ2v) is 7.96. The van der Waals surface area contributed by atoms with Gasteiger partial charge in [0.2, 0.25) is 0 Å². The molecule has 1 aliphatic rings. The molecule has 28 heavy (non-hydrogen) atoms. The second kappa shape index (κ2) is 9.75. The fourth-order valence-electron chi connectivity index (χ4n) is 2.79. The van der Waals surface area contributed by atoms with E-state index in [1.807, 2.05) is 68.5 Å². The van der Waals surface area contributed by atoms with Crippen molar-refractivity contribution in [2.24, 2.45) is 0 Å². The molecule has 0 N–H and O–H groups in total. The molecule has 0 atom stereocenters. The van der Waals surface area contributed by atoms with Crippen LogP contribution in [0.5, 0.6) is 11.5 Å². The molecule has 1 heterocycles. The molecule has 1 amide bonds. The van der Waals surface area contributed by atoms with Crippen molar-refractivity contribution in [3.8, 4) is 11.5 Å². The summed E-state index contributed by atoms with van der Waals surface area (Å²) in [5.41, 5.74) is 2.00. The van der Waals surface area contributed by atoms with Crippen molar-refractivity contribution < 1.29 is 14.3 Å². The summed E-state index contributed by atoms with van der Waals surface area (Å²) in [5, 5.41) is 0. The number of hydrogen-bond donors (Lipinski definition) is 0. The minimum atomic E-state index is -0.0427. The molecule has 0 aliphatic carbocycles. The maximum Gasteiger partial charge on any atom is 0.266 e. The van der Waals surface area contributed by atoms with E-state index in [-0.39, 0.29) is 5.91 Å². The van der Waals surface area contributed by atoms with Crippen LogP contribution in [0.15, 0.2) is 53.4 Å². The highest BCUT2D eigenvalue weighted by Gasteiger charge is 2.30. The van der Waals surface area contributed by atoms with E-state index in [0.29, 0.717) is 29.0 Å². The van der Waals surface area contributed by atoms with Crippen LogP contribution in [-0.4, -0.2) is 34.9 Å². The van der Waals surface area contributed by atoms with Gasteiger partial charge in [0, 0.05) is 18.5 Å². The standard InChI is InChI=1S/C22H23NO3S2/c1-3-23-21(24)20(28-22(23)27)15-17-10-5-7-12-19(17)26-14-8-13-25-18-11-6-4-9-16(18)2/h4-7,9-12,15H,3,8,13-14H2,1-2H3. The molecule has 4 nitrogen and oxygen atoms in total. The topological polar surface area (TPSA) is 38.8 Å². The molecule has 1 saturated heterocycles. The lowest BCUT2D eigenvalue weighted by atomic mass is 10.2. The highest BCUT2D eigenvalue weighted by molar-refractivity contribution is 8.26. The number of benzene rings is 2. The summed E-state index contributed by atoms with van der Waals surface area (Å²) >= 11 is 6.61. The molecule has 0 aromatic heterocycles. The van der Waals surface area contributed by atoms with Gasteiger partial charge in [-0.05, 0) is 37.6 Å². The Kier molecular flexibility index (Phi) is 7.12. The average molecular weight is 414 g/mol. The fraction of sp³-hybridized carbons (Fsp3) is 0.273. The largest absolute Gasteiger partial charge is 0.493 e. The molecular weight excluding hydrogens is 390 g/mol. The van der Waals surface area contributed by atoms with E-state index >= 15 is 0 Å². The van der Waals surface area contributed by atoms with Crippen molar-refractivity contribution in [2.75, 3.05) is 19.8 Å². The van der Waals surface area contributed by atoms with Gasteiger partial charge in [-0.1, -0.05) is 60.4 Å². The van der Waals surface area contributed by atoms with E-state index in [1.54, 1.807) is 4.90 Å². The first kappa shape index (κ1) is 20.4. The van der Waals surface area contributed by atoms with Crippen molar-refractivity contribution in [1.82, 2.24) is 4.90 Å². The molecule has 2 aromatic carbocycles. The zero-order valence-electron chi connectivity index (χ0n) is 16.0. The van der Waals surface area contributed by atoms with Crippen molar-refractivity contribution in [3.05, 3.63) is 64.6 Å². The Morgan fingerprint density at radius 3 is 2.36 bits per heavy atom. The van der Waals surface area contributed by atoms with E-state index in [2.05, 4.69) is 0 Å². The number of carbonyl (C=O) groups excluding carboxylic acids is 1. The predicted octanol–water partition coefficient (Wildman–Crippen LogP) is 5.06. The summed E-state index contributed by atoms with van der Waals surface area (Å²) < 4.78 is 12.3. The number of para-hydroxylation sites is 2. The van der Waals surface area contributed by atoms with Crippen molar-refractivity contribution in [1.29, 1.82) is 0 Å². The van der Waals surface area contributed by atoms with Crippen LogP contribution in [0.4, 0.5) is 0 Å². The number of thioether (sulfide) groups is 1. The Morgan fingerprint density at radius 2 is 1.68 bits per heavy atom. The highest BCUT2D eigenvalue weighted by atomic mass is 32.2. The van der Waals surface area contributed by atoms with Gasteiger partial charge in [-0.3, -0.25) is 9.69 Å².